The van der Waals surface area contributed by atoms with Gasteiger partial charge in [0.25, 0.3) is 5.91 Å². The molecule has 0 aliphatic carbocycles. The van der Waals surface area contributed by atoms with Crippen molar-refractivity contribution in [1.82, 2.24) is 14.7 Å². The van der Waals surface area contributed by atoms with Crippen molar-refractivity contribution in [2.24, 2.45) is 0 Å². The molecule has 0 aromatic carbocycles. The van der Waals surface area contributed by atoms with E-state index < -0.39 is 0 Å². The summed E-state index contributed by atoms with van der Waals surface area (Å²) >= 11 is 8.94. The summed E-state index contributed by atoms with van der Waals surface area (Å²) in [6.45, 7) is 2.66. The second-order valence-electron chi connectivity index (χ2n) is 5.19. The van der Waals surface area contributed by atoms with Crippen LogP contribution in [-0.2, 0) is 0 Å². The molecule has 2 aromatic rings. The SMILES string of the molecule is CCCC(Cl)CCNC(=O)c1c(SC)nsc1Nc1cccnc1. The van der Waals surface area contributed by atoms with E-state index in [2.05, 4.69) is 26.9 Å². The van der Waals surface area contributed by atoms with Crippen molar-refractivity contribution in [3.63, 3.8) is 0 Å². The zero-order valence-electron chi connectivity index (χ0n) is 13.7. The van der Waals surface area contributed by atoms with Gasteiger partial charge in [-0.3, -0.25) is 9.78 Å². The molecule has 0 aliphatic rings. The zero-order valence-corrected chi connectivity index (χ0v) is 16.1. The lowest BCUT2D eigenvalue weighted by Gasteiger charge is -2.10. The first-order valence-electron chi connectivity index (χ1n) is 7.78. The number of amides is 1. The third-order valence-electron chi connectivity index (χ3n) is 3.35. The van der Waals surface area contributed by atoms with Gasteiger partial charge in [0.05, 0.1) is 11.9 Å². The number of hydrogen-bond donors (Lipinski definition) is 2. The largest absolute Gasteiger partial charge is 0.352 e. The van der Waals surface area contributed by atoms with Gasteiger partial charge in [0.2, 0.25) is 0 Å². The maximum absolute atomic E-state index is 12.6. The van der Waals surface area contributed by atoms with Crippen LogP contribution in [0.4, 0.5) is 10.7 Å². The Balaban J connectivity index is 2.04. The van der Waals surface area contributed by atoms with Gasteiger partial charge < -0.3 is 10.6 Å². The average Bonchev–Trinajstić information content (AvgIpc) is 2.98. The van der Waals surface area contributed by atoms with E-state index in [0.717, 1.165) is 35.0 Å². The number of carbonyl (C=O) groups is 1. The Morgan fingerprint density at radius 3 is 2.96 bits per heavy atom. The molecule has 2 rings (SSSR count). The Hall–Kier alpha value is -1.31. The number of thioether (sulfide) groups is 1. The number of halogens is 1. The van der Waals surface area contributed by atoms with Crippen molar-refractivity contribution < 1.29 is 4.79 Å². The zero-order chi connectivity index (χ0) is 17.4. The topological polar surface area (TPSA) is 66.9 Å². The molecule has 1 amide bonds. The Morgan fingerprint density at radius 2 is 2.29 bits per heavy atom. The van der Waals surface area contributed by atoms with E-state index in [0.29, 0.717) is 12.1 Å². The summed E-state index contributed by atoms with van der Waals surface area (Å²) in [6, 6.07) is 3.74. The minimum absolute atomic E-state index is 0.101. The fourth-order valence-corrected chi connectivity index (χ4v) is 4.07. The normalized spacial score (nSPS) is 12.0. The molecular weight excluding hydrogens is 364 g/mol. The molecule has 0 bridgehead atoms. The van der Waals surface area contributed by atoms with Crippen LogP contribution in [0, 0.1) is 0 Å². The van der Waals surface area contributed by atoms with Crippen molar-refractivity contribution in [3.05, 3.63) is 30.1 Å². The number of alkyl halides is 1. The van der Waals surface area contributed by atoms with Crippen LogP contribution in [0.1, 0.15) is 36.5 Å². The predicted molar refractivity (Wildman–Crippen MR) is 103 cm³/mol. The van der Waals surface area contributed by atoms with E-state index >= 15 is 0 Å². The monoisotopic (exact) mass is 384 g/mol. The van der Waals surface area contributed by atoms with Gasteiger partial charge in [0, 0.05) is 18.1 Å². The highest BCUT2D eigenvalue weighted by Crippen LogP contribution is 2.32. The molecule has 2 N–H and O–H groups in total. The van der Waals surface area contributed by atoms with Gasteiger partial charge in [-0.05, 0) is 42.8 Å². The number of nitrogens with zero attached hydrogens (tertiary/aromatic N) is 2. The minimum Gasteiger partial charge on any atom is -0.352 e. The number of hydrogen-bond acceptors (Lipinski definition) is 6. The smallest absolute Gasteiger partial charge is 0.257 e. The fourth-order valence-electron chi connectivity index (χ4n) is 2.16. The first kappa shape index (κ1) is 19.0. The van der Waals surface area contributed by atoms with E-state index in [1.807, 2.05) is 18.4 Å². The second-order valence-corrected chi connectivity index (χ2v) is 7.38. The Bertz CT molecular complexity index is 651. The van der Waals surface area contributed by atoms with Gasteiger partial charge in [-0.1, -0.05) is 13.3 Å². The summed E-state index contributed by atoms with van der Waals surface area (Å²) in [5, 5.41) is 7.72. The Kier molecular flexibility index (Phi) is 7.81. The number of nitrogens with one attached hydrogen (secondary N) is 2. The average molecular weight is 385 g/mol. The van der Waals surface area contributed by atoms with Crippen LogP contribution in [0.15, 0.2) is 29.6 Å². The minimum atomic E-state index is -0.125. The first-order chi connectivity index (χ1) is 11.7. The van der Waals surface area contributed by atoms with Gasteiger partial charge in [-0.2, -0.15) is 4.37 Å². The maximum atomic E-state index is 12.6. The molecule has 0 saturated heterocycles. The van der Waals surface area contributed by atoms with Crippen LogP contribution in [0.2, 0.25) is 0 Å². The van der Waals surface area contributed by atoms with Crippen LogP contribution in [0.25, 0.3) is 0 Å². The van der Waals surface area contributed by atoms with Gasteiger partial charge in [0.1, 0.15) is 15.6 Å². The number of anilines is 2. The molecule has 130 valence electrons. The molecule has 0 saturated carbocycles. The summed E-state index contributed by atoms with van der Waals surface area (Å²) in [4.78, 5) is 16.6. The van der Waals surface area contributed by atoms with Crippen molar-refractivity contribution in [3.8, 4) is 0 Å². The number of carbonyl (C=O) groups excluding carboxylic acids is 1. The lowest BCUT2D eigenvalue weighted by Crippen LogP contribution is -2.26. The molecule has 2 aromatic heterocycles. The van der Waals surface area contributed by atoms with E-state index in [-0.39, 0.29) is 11.3 Å². The van der Waals surface area contributed by atoms with Crippen molar-refractivity contribution in [2.45, 2.75) is 36.6 Å². The van der Waals surface area contributed by atoms with E-state index in [4.69, 9.17) is 11.6 Å². The van der Waals surface area contributed by atoms with Crippen LogP contribution >= 0.6 is 34.9 Å². The van der Waals surface area contributed by atoms with E-state index in [9.17, 15) is 4.79 Å². The van der Waals surface area contributed by atoms with Crippen molar-refractivity contribution in [1.29, 1.82) is 0 Å². The van der Waals surface area contributed by atoms with Crippen molar-refractivity contribution in [2.75, 3.05) is 18.1 Å². The highest BCUT2D eigenvalue weighted by Gasteiger charge is 2.20. The standard InChI is InChI=1S/C16H21ClN4OS2/c1-3-5-11(17)7-9-19-14(22)13-15(24-21-16(13)23-2)20-12-6-4-8-18-10-12/h4,6,8,10-11,20H,3,5,7,9H2,1-2H3,(H,19,22). The number of rotatable bonds is 9. The third kappa shape index (κ3) is 5.36. The highest BCUT2D eigenvalue weighted by atomic mass is 35.5. The molecule has 0 fully saturated rings. The lowest BCUT2D eigenvalue weighted by molar-refractivity contribution is 0.0951. The summed E-state index contributed by atoms with van der Waals surface area (Å²) in [5.74, 6) is -0.125. The fraction of sp³-hybridized carbons (Fsp3) is 0.438. The van der Waals surface area contributed by atoms with Crippen LogP contribution < -0.4 is 10.6 Å². The molecule has 1 atom stereocenters. The van der Waals surface area contributed by atoms with Crippen LogP contribution in [0.3, 0.4) is 0 Å². The molecule has 24 heavy (non-hydrogen) atoms. The van der Waals surface area contributed by atoms with Gasteiger partial charge in [0.15, 0.2) is 0 Å². The van der Waals surface area contributed by atoms with Crippen LogP contribution in [-0.4, -0.2) is 33.4 Å². The number of aromatic nitrogens is 2. The Morgan fingerprint density at radius 1 is 1.46 bits per heavy atom. The summed E-state index contributed by atoms with van der Waals surface area (Å²) in [7, 11) is 0. The molecule has 2 heterocycles. The molecule has 1 unspecified atom stereocenters. The first-order valence-corrected chi connectivity index (χ1v) is 10.2. The van der Waals surface area contributed by atoms with Gasteiger partial charge in [-0.15, -0.1) is 23.4 Å². The molecule has 5 nitrogen and oxygen atoms in total. The molecule has 0 spiro atoms. The summed E-state index contributed by atoms with van der Waals surface area (Å²) in [5.41, 5.74) is 1.41. The Labute approximate surface area is 155 Å². The van der Waals surface area contributed by atoms with Crippen LogP contribution in [0.5, 0.6) is 0 Å². The second kappa shape index (κ2) is 9.86. The summed E-state index contributed by atoms with van der Waals surface area (Å²) < 4.78 is 4.36. The molecular formula is C16H21ClN4OS2. The molecule has 8 heteroatoms. The van der Waals surface area contributed by atoms with Crippen molar-refractivity contribution >= 4 is 51.5 Å². The molecule has 0 aliphatic heterocycles. The maximum Gasteiger partial charge on any atom is 0.257 e. The predicted octanol–water partition coefficient (Wildman–Crippen LogP) is 4.53. The highest BCUT2D eigenvalue weighted by molar-refractivity contribution is 7.98. The summed E-state index contributed by atoms with van der Waals surface area (Å²) in [6.07, 6.45) is 8.10. The third-order valence-corrected chi connectivity index (χ3v) is 5.34. The van der Waals surface area contributed by atoms with Gasteiger partial charge >= 0.3 is 0 Å². The quantitative estimate of drug-likeness (QED) is 0.491. The van der Waals surface area contributed by atoms with Gasteiger partial charge in [-0.25, -0.2) is 0 Å². The van der Waals surface area contributed by atoms with E-state index in [1.54, 1.807) is 12.4 Å². The molecule has 0 radical (unpaired) electrons. The number of pyridine rings is 1. The van der Waals surface area contributed by atoms with E-state index in [1.165, 1.54) is 23.3 Å². The lowest BCUT2D eigenvalue weighted by atomic mass is 10.2.